The fourth-order valence-corrected chi connectivity index (χ4v) is 3.27. The predicted molar refractivity (Wildman–Crippen MR) is 107 cm³/mol. The van der Waals surface area contributed by atoms with Gasteiger partial charge in [-0.3, -0.25) is 0 Å². The minimum absolute atomic E-state index is 0.0447. The first-order chi connectivity index (χ1) is 13.1. The first-order valence-corrected chi connectivity index (χ1v) is 9.16. The van der Waals surface area contributed by atoms with Crippen LogP contribution >= 0.6 is 0 Å². The second-order valence-corrected chi connectivity index (χ2v) is 6.65. The Morgan fingerprint density at radius 3 is 2.48 bits per heavy atom. The van der Waals surface area contributed by atoms with Gasteiger partial charge in [-0.25, -0.2) is 4.79 Å². The second kappa shape index (κ2) is 8.66. The molecular weight excluding hydrogens is 342 g/mol. The summed E-state index contributed by atoms with van der Waals surface area (Å²) in [5.41, 5.74) is 3.39. The van der Waals surface area contributed by atoms with Gasteiger partial charge in [-0.1, -0.05) is 12.1 Å². The minimum Gasteiger partial charge on any atom is -0.497 e. The monoisotopic (exact) mass is 369 g/mol. The highest BCUT2D eigenvalue weighted by Crippen LogP contribution is 2.24. The highest BCUT2D eigenvalue weighted by molar-refractivity contribution is 5.74. The number of carbonyl (C=O) groups is 1. The summed E-state index contributed by atoms with van der Waals surface area (Å²) in [7, 11) is 3.23. The van der Waals surface area contributed by atoms with Gasteiger partial charge in [0.2, 0.25) is 0 Å². The van der Waals surface area contributed by atoms with Crippen molar-refractivity contribution in [3.63, 3.8) is 0 Å². The van der Waals surface area contributed by atoms with Crippen LogP contribution in [0.1, 0.15) is 11.1 Å². The molecule has 0 unspecified atom stereocenters. The summed E-state index contributed by atoms with van der Waals surface area (Å²) in [5.74, 6) is 1.44. The molecule has 6 nitrogen and oxygen atoms in total. The average molecular weight is 369 g/mol. The van der Waals surface area contributed by atoms with E-state index in [1.54, 1.807) is 14.2 Å². The van der Waals surface area contributed by atoms with Gasteiger partial charge in [-0.2, -0.15) is 0 Å². The van der Waals surface area contributed by atoms with Crippen LogP contribution in [0.25, 0.3) is 0 Å². The summed E-state index contributed by atoms with van der Waals surface area (Å²) in [6, 6.07) is 14.0. The molecule has 0 aromatic heterocycles. The topological polar surface area (TPSA) is 54.0 Å². The third-order valence-electron chi connectivity index (χ3n) is 4.86. The number of hydrogen-bond donors (Lipinski definition) is 1. The zero-order chi connectivity index (χ0) is 19.2. The van der Waals surface area contributed by atoms with Gasteiger partial charge in [0, 0.05) is 50.0 Å². The average Bonchev–Trinajstić information content (AvgIpc) is 2.72. The Morgan fingerprint density at radius 2 is 1.81 bits per heavy atom. The third kappa shape index (κ3) is 4.64. The van der Waals surface area contributed by atoms with E-state index in [9.17, 15) is 4.79 Å². The van der Waals surface area contributed by atoms with Gasteiger partial charge in [0.25, 0.3) is 0 Å². The fourth-order valence-electron chi connectivity index (χ4n) is 3.27. The number of nitrogens with one attached hydrogen (secondary N) is 1. The number of hydrogen-bond acceptors (Lipinski definition) is 4. The largest absolute Gasteiger partial charge is 0.497 e. The van der Waals surface area contributed by atoms with Gasteiger partial charge in [0.1, 0.15) is 11.5 Å². The van der Waals surface area contributed by atoms with E-state index in [2.05, 4.69) is 41.4 Å². The standard InChI is InChI=1S/C21H27N3O3/c1-16-5-4-6-18(13-16)23-9-11-24(12-10-23)21(25)22-15-17-7-8-19(26-2)14-20(17)27-3/h4-8,13-14H,9-12,15H2,1-3H3,(H,22,25). The summed E-state index contributed by atoms with van der Waals surface area (Å²) in [5, 5.41) is 2.99. The molecule has 0 atom stereocenters. The molecule has 144 valence electrons. The van der Waals surface area contributed by atoms with E-state index in [0.717, 1.165) is 24.4 Å². The van der Waals surface area contributed by atoms with Crippen molar-refractivity contribution < 1.29 is 14.3 Å². The first kappa shape index (κ1) is 18.9. The van der Waals surface area contributed by atoms with Crippen LogP contribution in [0.3, 0.4) is 0 Å². The third-order valence-corrected chi connectivity index (χ3v) is 4.86. The Hall–Kier alpha value is -2.89. The molecule has 1 saturated heterocycles. The van der Waals surface area contributed by atoms with Crippen LogP contribution in [-0.2, 0) is 6.54 Å². The molecular formula is C21H27N3O3. The molecule has 1 aliphatic rings. The molecule has 2 amide bonds. The highest BCUT2D eigenvalue weighted by atomic mass is 16.5. The summed E-state index contributed by atoms with van der Waals surface area (Å²) in [4.78, 5) is 16.7. The number of piperazine rings is 1. The Kier molecular flexibility index (Phi) is 6.06. The van der Waals surface area contributed by atoms with Crippen molar-refractivity contribution in [3.8, 4) is 11.5 Å². The highest BCUT2D eigenvalue weighted by Gasteiger charge is 2.21. The van der Waals surface area contributed by atoms with Crippen LogP contribution in [0.5, 0.6) is 11.5 Å². The van der Waals surface area contributed by atoms with E-state index < -0.39 is 0 Å². The van der Waals surface area contributed by atoms with Crippen LogP contribution < -0.4 is 19.7 Å². The van der Waals surface area contributed by atoms with Crippen molar-refractivity contribution >= 4 is 11.7 Å². The number of urea groups is 1. The molecule has 27 heavy (non-hydrogen) atoms. The van der Waals surface area contributed by atoms with Crippen molar-refractivity contribution in [1.29, 1.82) is 0 Å². The van der Waals surface area contributed by atoms with Crippen LogP contribution in [0.15, 0.2) is 42.5 Å². The van der Waals surface area contributed by atoms with Gasteiger partial charge in [-0.15, -0.1) is 0 Å². The number of anilines is 1. The van der Waals surface area contributed by atoms with Crippen molar-refractivity contribution in [2.75, 3.05) is 45.3 Å². The number of amides is 2. The Balaban J connectivity index is 1.53. The lowest BCUT2D eigenvalue weighted by Crippen LogP contribution is -2.51. The molecule has 2 aromatic carbocycles. The quantitative estimate of drug-likeness (QED) is 0.880. The van der Waals surface area contributed by atoms with E-state index in [-0.39, 0.29) is 6.03 Å². The molecule has 1 heterocycles. The number of carbonyl (C=O) groups excluding carboxylic acids is 1. The number of methoxy groups -OCH3 is 2. The van der Waals surface area contributed by atoms with Gasteiger partial charge in [0.05, 0.1) is 14.2 Å². The molecule has 3 rings (SSSR count). The smallest absolute Gasteiger partial charge is 0.317 e. The van der Waals surface area contributed by atoms with Crippen LogP contribution in [0, 0.1) is 6.92 Å². The number of aryl methyl sites for hydroxylation is 1. The molecule has 0 aliphatic carbocycles. The van der Waals surface area contributed by atoms with Crippen molar-refractivity contribution in [2.24, 2.45) is 0 Å². The maximum absolute atomic E-state index is 12.5. The van der Waals surface area contributed by atoms with E-state index in [1.807, 2.05) is 23.1 Å². The van der Waals surface area contributed by atoms with E-state index >= 15 is 0 Å². The fraction of sp³-hybridized carbons (Fsp3) is 0.381. The maximum Gasteiger partial charge on any atom is 0.317 e. The molecule has 0 spiro atoms. The van der Waals surface area contributed by atoms with Gasteiger partial charge < -0.3 is 24.6 Å². The van der Waals surface area contributed by atoms with E-state index in [0.29, 0.717) is 25.4 Å². The van der Waals surface area contributed by atoms with Crippen LogP contribution in [0.4, 0.5) is 10.5 Å². The lowest BCUT2D eigenvalue weighted by Gasteiger charge is -2.36. The number of rotatable bonds is 5. The molecule has 1 aliphatic heterocycles. The second-order valence-electron chi connectivity index (χ2n) is 6.65. The summed E-state index contributed by atoms with van der Waals surface area (Å²) in [6.07, 6.45) is 0. The summed E-state index contributed by atoms with van der Waals surface area (Å²) >= 11 is 0. The molecule has 0 bridgehead atoms. The Bertz CT molecular complexity index is 786. The van der Waals surface area contributed by atoms with Crippen molar-refractivity contribution in [2.45, 2.75) is 13.5 Å². The van der Waals surface area contributed by atoms with Crippen molar-refractivity contribution in [1.82, 2.24) is 10.2 Å². The zero-order valence-electron chi connectivity index (χ0n) is 16.2. The number of nitrogens with zero attached hydrogens (tertiary/aromatic N) is 2. The summed E-state index contributed by atoms with van der Waals surface area (Å²) < 4.78 is 10.6. The minimum atomic E-state index is -0.0447. The van der Waals surface area contributed by atoms with E-state index in [1.165, 1.54) is 11.3 Å². The molecule has 0 radical (unpaired) electrons. The molecule has 6 heteroatoms. The Morgan fingerprint density at radius 1 is 1.04 bits per heavy atom. The lowest BCUT2D eigenvalue weighted by molar-refractivity contribution is 0.194. The first-order valence-electron chi connectivity index (χ1n) is 9.16. The SMILES string of the molecule is COc1ccc(CNC(=O)N2CCN(c3cccc(C)c3)CC2)c(OC)c1. The predicted octanol–water partition coefficient (Wildman–Crippen LogP) is 3.04. The molecule has 1 N–H and O–H groups in total. The van der Waals surface area contributed by atoms with Crippen LogP contribution in [0.2, 0.25) is 0 Å². The van der Waals surface area contributed by atoms with Gasteiger partial charge >= 0.3 is 6.03 Å². The zero-order valence-corrected chi connectivity index (χ0v) is 16.2. The Labute approximate surface area is 160 Å². The lowest BCUT2D eigenvalue weighted by atomic mass is 10.2. The number of benzene rings is 2. The van der Waals surface area contributed by atoms with Gasteiger partial charge in [0.15, 0.2) is 0 Å². The molecule has 1 fully saturated rings. The van der Waals surface area contributed by atoms with Crippen LogP contribution in [-0.4, -0.2) is 51.3 Å². The molecule has 2 aromatic rings. The normalized spacial score (nSPS) is 14.0. The van der Waals surface area contributed by atoms with Crippen molar-refractivity contribution in [3.05, 3.63) is 53.6 Å². The van der Waals surface area contributed by atoms with Gasteiger partial charge in [-0.05, 0) is 36.8 Å². The van der Waals surface area contributed by atoms with E-state index in [4.69, 9.17) is 9.47 Å². The number of ether oxygens (including phenoxy) is 2. The summed E-state index contributed by atoms with van der Waals surface area (Å²) in [6.45, 7) is 5.61. The maximum atomic E-state index is 12.5. The molecule has 0 saturated carbocycles.